The number of nitro groups is 1. The van der Waals surface area contributed by atoms with Gasteiger partial charge in [-0.2, -0.15) is 0 Å². The van der Waals surface area contributed by atoms with Gasteiger partial charge in [-0.05, 0) is 26.0 Å². The van der Waals surface area contributed by atoms with Crippen LogP contribution in [0.1, 0.15) is 13.8 Å². The van der Waals surface area contributed by atoms with Crippen molar-refractivity contribution in [2.24, 2.45) is 0 Å². The van der Waals surface area contributed by atoms with Gasteiger partial charge in [-0.1, -0.05) is 0 Å². The Hall–Kier alpha value is -1.86. The fraction of sp³-hybridized carbons (Fsp3) is 0.538. The summed E-state index contributed by atoms with van der Waals surface area (Å²) >= 11 is 0. The molecule has 110 valence electrons. The van der Waals surface area contributed by atoms with Gasteiger partial charge in [0.15, 0.2) is 0 Å². The Kier molecular flexibility index (Phi) is 3.82. The predicted molar refractivity (Wildman–Crippen MR) is 75.8 cm³/mol. The molecular weight excluding hydrogens is 262 g/mol. The Morgan fingerprint density at radius 1 is 1.60 bits per heavy atom. The van der Waals surface area contributed by atoms with Crippen LogP contribution in [-0.4, -0.2) is 41.4 Å². The summed E-state index contributed by atoms with van der Waals surface area (Å²) in [5, 5.41) is 20.1. The Bertz CT molecular complexity index is 518. The number of ether oxygens (including phenoxy) is 1. The molecule has 1 aliphatic rings. The van der Waals surface area contributed by atoms with Crippen LogP contribution < -0.4 is 10.6 Å². The third kappa shape index (κ3) is 3.00. The number of benzene rings is 1. The summed E-state index contributed by atoms with van der Waals surface area (Å²) in [6, 6.07) is 4.67. The molecule has 1 aromatic carbocycles. The summed E-state index contributed by atoms with van der Waals surface area (Å²) in [4.78, 5) is 12.3. The van der Waals surface area contributed by atoms with Gasteiger partial charge in [0.1, 0.15) is 5.69 Å². The van der Waals surface area contributed by atoms with E-state index in [-0.39, 0.29) is 24.1 Å². The van der Waals surface area contributed by atoms with Crippen molar-refractivity contribution in [1.29, 1.82) is 0 Å². The molecule has 0 radical (unpaired) electrons. The Morgan fingerprint density at radius 2 is 2.30 bits per heavy atom. The number of aliphatic hydroxyl groups excluding tert-OH is 1. The number of nitrogen functional groups attached to an aromatic ring is 1. The van der Waals surface area contributed by atoms with E-state index >= 15 is 0 Å². The van der Waals surface area contributed by atoms with E-state index in [0.29, 0.717) is 13.1 Å². The fourth-order valence-corrected chi connectivity index (χ4v) is 2.49. The number of nitrogens with zero attached hydrogens (tertiary/aromatic N) is 2. The molecule has 1 saturated heterocycles. The normalized spacial score (nSPS) is 21.8. The maximum atomic E-state index is 10.8. The number of hydrogen-bond acceptors (Lipinski definition) is 6. The van der Waals surface area contributed by atoms with Crippen molar-refractivity contribution in [1.82, 2.24) is 0 Å². The smallest absolute Gasteiger partial charge is 0.292 e. The maximum Gasteiger partial charge on any atom is 0.292 e. The highest BCUT2D eigenvalue weighted by atomic mass is 16.6. The lowest BCUT2D eigenvalue weighted by Crippen LogP contribution is -2.54. The number of nitro benzene ring substituents is 1. The van der Waals surface area contributed by atoms with Crippen LogP contribution in [0.5, 0.6) is 0 Å². The topological polar surface area (TPSA) is 102 Å². The molecule has 1 aliphatic heterocycles. The summed E-state index contributed by atoms with van der Waals surface area (Å²) in [7, 11) is 0. The van der Waals surface area contributed by atoms with Crippen LogP contribution in [0.3, 0.4) is 0 Å². The number of hydrogen-bond donors (Lipinski definition) is 2. The minimum absolute atomic E-state index is 0.0671. The highest BCUT2D eigenvalue weighted by Gasteiger charge is 2.33. The van der Waals surface area contributed by atoms with Gasteiger partial charge in [0.05, 0.1) is 23.2 Å². The van der Waals surface area contributed by atoms with Gasteiger partial charge >= 0.3 is 0 Å². The van der Waals surface area contributed by atoms with E-state index in [1.165, 1.54) is 6.07 Å². The Balaban J connectivity index is 2.26. The van der Waals surface area contributed by atoms with Crippen LogP contribution >= 0.6 is 0 Å². The molecule has 1 heterocycles. The van der Waals surface area contributed by atoms with Crippen molar-refractivity contribution in [3.05, 3.63) is 28.3 Å². The zero-order chi connectivity index (χ0) is 14.9. The molecule has 1 unspecified atom stereocenters. The van der Waals surface area contributed by atoms with E-state index in [1.807, 2.05) is 18.7 Å². The number of anilines is 2. The monoisotopic (exact) mass is 281 g/mol. The fourth-order valence-electron chi connectivity index (χ4n) is 2.49. The first-order valence-electron chi connectivity index (χ1n) is 6.40. The van der Waals surface area contributed by atoms with Crippen LogP contribution in [-0.2, 0) is 4.74 Å². The molecule has 1 fully saturated rings. The molecule has 7 heteroatoms. The molecule has 7 nitrogen and oxygen atoms in total. The molecule has 0 bridgehead atoms. The summed E-state index contributed by atoms with van der Waals surface area (Å²) in [5.74, 6) is 0. The summed E-state index contributed by atoms with van der Waals surface area (Å²) in [6.07, 6.45) is -0.282. The van der Waals surface area contributed by atoms with Gasteiger partial charge in [-0.15, -0.1) is 0 Å². The van der Waals surface area contributed by atoms with E-state index in [9.17, 15) is 15.2 Å². The molecule has 1 atom stereocenters. The third-order valence-corrected chi connectivity index (χ3v) is 3.26. The largest absolute Gasteiger partial charge is 0.394 e. The van der Waals surface area contributed by atoms with Gasteiger partial charge in [0.25, 0.3) is 5.69 Å². The van der Waals surface area contributed by atoms with Crippen molar-refractivity contribution in [3.63, 3.8) is 0 Å². The Morgan fingerprint density at radius 3 is 2.85 bits per heavy atom. The Labute approximate surface area is 117 Å². The van der Waals surface area contributed by atoms with E-state index in [1.54, 1.807) is 12.1 Å². The van der Waals surface area contributed by atoms with Crippen molar-refractivity contribution in [3.8, 4) is 0 Å². The van der Waals surface area contributed by atoms with E-state index < -0.39 is 10.5 Å². The van der Waals surface area contributed by atoms with E-state index in [4.69, 9.17) is 10.5 Å². The molecule has 1 aromatic rings. The summed E-state index contributed by atoms with van der Waals surface area (Å²) in [5.41, 5.74) is 6.15. The molecule has 20 heavy (non-hydrogen) atoms. The van der Waals surface area contributed by atoms with Gasteiger partial charge in [0, 0.05) is 24.8 Å². The van der Waals surface area contributed by atoms with Crippen LogP contribution in [0, 0.1) is 10.1 Å². The first-order valence-corrected chi connectivity index (χ1v) is 6.40. The average Bonchev–Trinajstić information content (AvgIpc) is 2.36. The van der Waals surface area contributed by atoms with Crippen LogP contribution in [0.2, 0.25) is 0 Å². The van der Waals surface area contributed by atoms with Crippen LogP contribution in [0.4, 0.5) is 17.1 Å². The maximum absolute atomic E-state index is 10.8. The lowest BCUT2D eigenvalue weighted by molar-refractivity contribution is -0.383. The van der Waals surface area contributed by atoms with Crippen molar-refractivity contribution in [2.45, 2.75) is 25.6 Å². The second-order valence-corrected chi connectivity index (χ2v) is 5.56. The number of nitrogens with two attached hydrogens (primary N) is 1. The molecule has 0 spiro atoms. The average molecular weight is 281 g/mol. The molecule has 2 rings (SSSR count). The molecule has 0 aliphatic carbocycles. The first-order chi connectivity index (χ1) is 9.32. The van der Waals surface area contributed by atoms with Crippen LogP contribution in [0.25, 0.3) is 0 Å². The minimum Gasteiger partial charge on any atom is -0.394 e. The third-order valence-electron chi connectivity index (χ3n) is 3.26. The van der Waals surface area contributed by atoms with E-state index in [2.05, 4.69) is 0 Å². The van der Waals surface area contributed by atoms with Gasteiger partial charge < -0.3 is 20.5 Å². The lowest BCUT2D eigenvalue weighted by atomic mass is 10.0. The minimum atomic E-state index is -0.501. The highest BCUT2D eigenvalue weighted by Crippen LogP contribution is 2.30. The van der Waals surface area contributed by atoms with E-state index in [0.717, 1.165) is 5.69 Å². The van der Waals surface area contributed by atoms with Gasteiger partial charge in [-0.25, -0.2) is 0 Å². The van der Waals surface area contributed by atoms with Crippen molar-refractivity contribution in [2.75, 3.05) is 30.3 Å². The number of rotatable bonds is 3. The van der Waals surface area contributed by atoms with Crippen LogP contribution in [0.15, 0.2) is 18.2 Å². The summed E-state index contributed by atoms with van der Waals surface area (Å²) < 4.78 is 5.74. The predicted octanol–water partition coefficient (Wildman–Crippen LogP) is 1.15. The number of morpholine rings is 1. The molecule has 0 saturated carbocycles. The van der Waals surface area contributed by atoms with Crippen molar-refractivity contribution >= 4 is 17.1 Å². The molecule has 0 aromatic heterocycles. The van der Waals surface area contributed by atoms with Gasteiger partial charge in [-0.3, -0.25) is 10.1 Å². The van der Waals surface area contributed by atoms with Crippen molar-refractivity contribution < 1.29 is 14.8 Å². The zero-order valence-electron chi connectivity index (χ0n) is 11.6. The SMILES string of the molecule is CC1(C)CN(c2ccc([N+](=O)[O-])c(N)c2)CC(CO)O1. The second kappa shape index (κ2) is 5.26. The zero-order valence-corrected chi connectivity index (χ0v) is 11.6. The molecule has 0 amide bonds. The standard InChI is InChI=1S/C13H19N3O4/c1-13(2)8-15(6-10(7-17)20-13)9-3-4-12(16(18)19)11(14)5-9/h3-5,10,17H,6-8,14H2,1-2H3. The quantitative estimate of drug-likeness (QED) is 0.489. The highest BCUT2D eigenvalue weighted by molar-refractivity contribution is 5.66. The lowest BCUT2D eigenvalue weighted by Gasteiger charge is -2.43. The van der Waals surface area contributed by atoms with Gasteiger partial charge in [0.2, 0.25) is 0 Å². The number of aliphatic hydroxyl groups is 1. The molecule has 3 N–H and O–H groups in total. The second-order valence-electron chi connectivity index (χ2n) is 5.56. The molecular formula is C13H19N3O4. The first kappa shape index (κ1) is 14.5. The summed E-state index contributed by atoms with van der Waals surface area (Å²) in [6.45, 7) is 4.97.